The van der Waals surface area contributed by atoms with Crippen molar-refractivity contribution in [3.05, 3.63) is 12.7 Å². The van der Waals surface area contributed by atoms with E-state index in [-0.39, 0.29) is 0 Å². The average Bonchev–Trinajstić information content (AvgIpc) is 2.21. The second-order valence-electron chi connectivity index (χ2n) is 3.02. The van der Waals surface area contributed by atoms with E-state index in [2.05, 4.69) is 11.9 Å². The molecule has 1 N–H and O–H groups in total. The van der Waals surface area contributed by atoms with Crippen molar-refractivity contribution in [2.24, 2.45) is 0 Å². The zero-order chi connectivity index (χ0) is 10.5. The van der Waals surface area contributed by atoms with Crippen molar-refractivity contribution in [3.63, 3.8) is 0 Å². The van der Waals surface area contributed by atoms with E-state index in [1.54, 1.807) is 6.08 Å². The summed E-state index contributed by atoms with van der Waals surface area (Å²) in [6.07, 6.45) is 4.07. The van der Waals surface area contributed by atoms with E-state index in [0.717, 1.165) is 39.3 Å². The van der Waals surface area contributed by atoms with Crippen LogP contribution in [0, 0.1) is 0 Å². The van der Waals surface area contributed by atoms with Gasteiger partial charge in [-0.1, -0.05) is 6.08 Å². The summed E-state index contributed by atoms with van der Waals surface area (Å²) in [6.45, 7) is 10.7. The molecule has 0 aliphatic carbocycles. The molecule has 3 heteroatoms. The Morgan fingerprint density at radius 3 is 2.71 bits per heavy atom. The molecule has 0 unspecified atom stereocenters. The summed E-state index contributed by atoms with van der Waals surface area (Å²) in [4.78, 5) is 0. The Balaban J connectivity index is 2.81. The first-order chi connectivity index (χ1) is 6.91. The molecule has 0 heterocycles. The van der Waals surface area contributed by atoms with Crippen molar-refractivity contribution >= 4 is 0 Å². The molecule has 0 aliphatic rings. The van der Waals surface area contributed by atoms with Crippen LogP contribution in [0.2, 0.25) is 0 Å². The molecule has 0 atom stereocenters. The van der Waals surface area contributed by atoms with Crippen LogP contribution in [0.3, 0.4) is 0 Å². The third-order valence-corrected chi connectivity index (χ3v) is 1.76. The molecule has 0 fully saturated rings. The van der Waals surface area contributed by atoms with E-state index in [0.29, 0.717) is 6.61 Å². The van der Waals surface area contributed by atoms with Gasteiger partial charge in [0.2, 0.25) is 0 Å². The van der Waals surface area contributed by atoms with Crippen molar-refractivity contribution in [2.45, 2.75) is 19.8 Å². The minimum absolute atomic E-state index is 0.645. The van der Waals surface area contributed by atoms with Gasteiger partial charge in [0.1, 0.15) is 0 Å². The van der Waals surface area contributed by atoms with Gasteiger partial charge in [-0.2, -0.15) is 0 Å². The number of hydrogen-bond acceptors (Lipinski definition) is 3. The van der Waals surface area contributed by atoms with Crippen molar-refractivity contribution in [1.82, 2.24) is 5.32 Å². The van der Waals surface area contributed by atoms with Crippen LogP contribution in [0.1, 0.15) is 19.8 Å². The van der Waals surface area contributed by atoms with Crippen molar-refractivity contribution in [2.75, 3.05) is 39.5 Å². The molecule has 14 heavy (non-hydrogen) atoms. The molecule has 0 saturated carbocycles. The molecule has 0 aromatic heterocycles. The summed E-state index contributed by atoms with van der Waals surface area (Å²) >= 11 is 0. The summed E-state index contributed by atoms with van der Waals surface area (Å²) in [7, 11) is 0. The maximum Gasteiger partial charge on any atom is 0.0645 e. The second kappa shape index (κ2) is 12.6. The number of unbranched alkanes of at least 4 members (excludes halogenated alkanes) is 1. The van der Waals surface area contributed by atoms with Gasteiger partial charge in [0.05, 0.1) is 13.2 Å². The second-order valence-corrected chi connectivity index (χ2v) is 3.02. The van der Waals surface area contributed by atoms with Gasteiger partial charge in [0.25, 0.3) is 0 Å². The highest BCUT2D eigenvalue weighted by Gasteiger charge is 1.89. The molecule has 0 aromatic rings. The zero-order valence-electron chi connectivity index (χ0n) is 9.26. The quantitative estimate of drug-likeness (QED) is 0.407. The van der Waals surface area contributed by atoms with Gasteiger partial charge in [0, 0.05) is 19.8 Å². The van der Waals surface area contributed by atoms with Gasteiger partial charge < -0.3 is 14.8 Å². The van der Waals surface area contributed by atoms with Crippen LogP contribution in [0.4, 0.5) is 0 Å². The largest absolute Gasteiger partial charge is 0.382 e. The van der Waals surface area contributed by atoms with E-state index < -0.39 is 0 Å². The highest BCUT2D eigenvalue weighted by atomic mass is 16.5. The Bertz CT molecular complexity index is 118. The molecular weight excluding hydrogens is 178 g/mol. The van der Waals surface area contributed by atoms with E-state index in [9.17, 15) is 0 Å². The summed E-state index contributed by atoms with van der Waals surface area (Å²) in [5.74, 6) is 0. The third-order valence-electron chi connectivity index (χ3n) is 1.76. The van der Waals surface area contributed by atoms with Gasteiger partial charge >= 0.3 is 0 Å². The molecule has 84 valence electrons. The maximum absolute atomic E-state index is 5.23. The zero-order valence-corrected chi connectivity index (χ0v) is 9.26. The molecular formula is C11H23NO2. The first-order valence-corrected chi connectivity index (χ1v) is 5.39. The number of hydrogen-bond donors (Lipinski definition) is 1. The van der Waals surface area contributed by atoms with E-state index in [1.807, 2.05) is 6.92 Å². The molecule has 0 spiro atoms. The Kier molecular flexibility index (Phi) is 12.3. The lowest BCUT2D eigenvalue weighted by Gasteiger charge is -2.04. The van der Waals surface area contributed by atoms with Gasteiger partial charge in [-0.3, -0.25) is 0 Å². The lowest BCUT2D eigenvalue weighted by Crippen LogP contribution is -2.21. The predicted molar refractivity (Wildman–Crippen MR) is 59.6 cm³/mol. The van der Waals surface area contributed by atoms with Gasteiger partial charge in [-0.25, -0.2) is 0 Å². The third kappa shape index (κ3) is 11.6. The Morgan fingerprint density at radius 2 is 2.00 bits per heavy atom. The molecule has 0 rings (SSSR count). The van der Waals surface area contributed by atoms with E-state index >= 15 is 0 Å². The van der Waals surface area contributed by atoms with Crippen LogP contribution in [0.15, 0.2) is 12.7 Å². The average molecular weight is 201 g/mol. The minimum atomic E-state index is 0.645. The summed E-state index contributed by atoms with van der Waals surface area (Å²) in [5, 5.41) is 3.31. The Labute approximate surface area is 87.5 Å². The molecule has 0 bridgehead atoms. The van der Waals surface area contributed by atoms with Gasteiger partial charge in [-0.05, 0) is 26.3 Å². The highest BCUT2D eigenvalue weighted by molar-refractivity contribution is 4.63. The van der Waals surface area contributed by atoms with Crippen LogP contribution in [-0.2, 0) is 9.47 Å². The Morgan fingerprint density at radius 1 is 1.14 bits per heavy atom. The fraction of sp³-hybridized carbons (Fsp3) is 0.818. The van der Waals surface area contributed by atoms with Crippen LogP contribution in [-0.4, -0.2) is 39.5 Å². The van der Waals surface area contributed by atoms with Crippen molar-refractivity contribution in [1.29, 1.82) is 0 Å². The van der Waals surface area contributed by atoms with Crippen LogP contribution in [0.5, 0.6) is 0 Å². The minimum Gasteiger partial charge on any atom is -0.382 e. The maximum atomic E-state index is 5.23. The van der Waals surface area contributed by atoms with Gasteiger partial charge in [0.15, 0.2) is 0 Å². The van der Waals surface area contributed by atoms with Crippen molar-refractivity contribution < 1.29 is 9.47 Å². The molecule has 0 radical (unpaired) electrons. The molecule has 3 nitrogen and oxygen atoms in total. The number of ether oxygens (including phenoxy) is 2. The first kappa shape index (κ1) is 13.6. The standard InChI is InChI=1S/C11H23NO2/c1-3-9-14-11-8-12-7-5-6-10-13-4-2/h3,12H,1,4-11H2,2H3. The highest BCUT2D eigenvalue weighted by Crippen LogP contribution is 1.87. The fourth-order valence-electron chi connectivity index (χ4n) is 1.03. The predicted octanol–water partition coefficient (Wildman–Crippen LogP) is 1.60. The molecule has 0 aliphatic heterocycles. The lowest BCUT2D eigenvalue weighted by molar-refractivity contribution is 0.142. The summed E-state index contributed by atoms with van der Waals surface area (Å²) < 4.78 is 10.5. The van der Waals surface area contributed by atoms with E-state index in [1.165, 1.54) is 6.42 Å². The molecule has 0 saturated heterocycles. The van der Waals surface area contributed by atoms with Crippen LogP contribution < -0.4 is 5.32 Å². The number of rotatable bonds is 11. The number of nitrogens with one attached hydrogen (secondary N) is 1. The van der Waals surface area contributed by atoms with Crippen LogP contribution >= 0.6 is 0 Å². The monoisotopic (exact) mass is 201 g/mol. The normalized spacial score (nSPS) is 10.4. The summed E-state index contributed by atoms with van der Waals surface area (Å²) in [6, 6.07) is 0. The lowest BCUT2D eigenvalue weighted by atomic mass is 10.3. The van der Waals surface area contributed by atoms with Crippen LogP contribution in [0.25, 0.3) is 0 Å². The van der Waals surface area contributed by atoms with Gasteiger partial charge in [-0.15, -0.1) is 6.58 Å². The van der Waals surface area contributed by atoms with E-state index in [4.69, 9.17) is 9.47 Å². The SMILES string of the molecule is C=CCOCCNCCCCOCC. The van der Waals surface area contributed by atoms with Crippen molar-refractivity contribution in [3.8, 4) is 0 Å². The Hall–Kier alpha value is -0.380. The smallest absolute Gasteiger partial charge is 0.0645 e. The molecule has 0 amide bonds. The fourth-order valence-corrected chi connectivity index (χ4v) is 1.03. The summed E-state index contributed by atoms with van der Waals surface area (Å²) in [5.41, 5.74) is 0. The first-order valence-electron chi connectivity index (χ1n) is 5.39. The topological polar surface area (TPSA) is 30.5 Å². The molecule has 0 aromatic carbocycles.